The molecule has 4 N–H and O–H groups in total. The van der Waals surface area contributed by atoms with Crippen molar-refractivity contribution >= 4 is 29.0 Å². The molecule has 0 spiro atoms. The van der Waals surface area contributed by atoms with Crippen molar-refractivity contribution < 1.29 is 19.1 Å². The highest BCUT2D eigenvalue weighted by atomic mass is 16.5. The van der Waals surface area contributed by atoms with Crippen LogP contribution < -0.4 is 20.7 Å². The Kier molecular flexibility index (Phi) is 5.85. The number of rotatable bonds is 5. The lowest BCUT2D eigenvalue weighted by Crippen LogP contribution is -2.19. The first-order chi connectivity index (χ1) is 15.1. The second kappa shape index (κ2) is 8.88. The monoisotopic (exact) mass is 421 g/mol. The third-order valence-electron chi connectivity index (χ3n) is 4.95. The summed E-state index contributed by atoms with van der Waals surface area (Å²) < 4.78 is 10.8. The van der Waals surface area contributed by atoms with Crippen molar-refractivity contribution in [3.8, 4) is 5.75 Å². The van der Waals surface area contributed by atoms with Crippen molar-refractivity contribution in [1.29, 1.82) is 0 Å². The molecule has 0 aliphatic carbocycles. The van der Waals surface area contributed by atoms with Gasteiger partial charge in [0.2, 0.25) is 0 Å². The molecule has 0 saturated heterocycles. The second-order valence-electron chi connectivity index (χ2n) is 7.03. The number of amides is 2. The fraction of sp³-hybridized carbons (Fsp3) is 0.227. The number of carbonyl (C=O) groups excluding carboxylic acids is 2. The van der Waals surface area contributed by atoms with Gasteiger partial charge < -0.3 is 25.4 Å². The summed E-state index contributed by atoms with van der Waals surface area (Å²) >= 11 is 0. The van der Waals surface area contributed by atoms with E-state index in [-0.39, 0.29) is 17.3 Å². The second-order valence-corrected chi connectivity index (χ2v) is 7.03. The maximum atomic E-state index is 12.9. The normalized spacial score (nSPS) is 12.8. The van der Waals surface area contributed by atoms with Crippen molar-refractivity contribution in [2.45, 2.75) is 13.5 Å². The number of methoxy groups -OCH3 is 1. The highest BCUT2D eigenvalue weighted by Gasteiger charge is 2.22. The van der Waals surface area contributed by atoms with Crippen LogP contribution in [-0.2, 0) is 11.3 Å². The highest BCUT2D eigenvalue weighted by Crippen LogP contribution is 2.26. The van der Waals surface area contributed by atoms with Gasteiger partial charge in [-0.05, 0) is 37.3 Å². The van der Waals surface area contributed by atoms with Crippen LogP contribution in [0.4, 0.5) is 17.2 Å². The SMILES string of the molecule is COc1ccccc1NC(=O)c1c(NC(=O)c2ccc3c(c2)COCCN3)n[nH]c1C. The van der Waals surface area contributed by atoms with Crippen molar-refractivity contribution in [2.75, 3.05) is 36.2 Å². The Labute approximate surface area is 179 Å². The molecule has 31 heavy (non-hydrogen) atoms. The van der Waals surface area contributed by atoms with E-state index < -0.39 is 5.91 Å². The van der Waals surface area contributed by atoms with E-state index in [1.165, 1.54) is 7.11 Å². The Balaban J connectivity index is 1.54. The van der Waals surface area contributed by atoms with E-state index in [0.717, 1.165) is 17.8 Å². The van der Waals surface area contributed by atoms with Gasteiger partial charge in [-0.15, -0.1) is 0 Å². The average molecular weight is 421 g/mol. The van der Waals surface area contributed by atoms with Gasteiger partial charge in [0.05, 0.1) is 26.0 Å². The van der Waals surface area contributed by atoms with E-state index in [9.17, 15) is 9.59 Å². The van der Waals surface area contributed by atoms with Gasteiger partial charge in [-0.2, -0.15) is 5.10 Å². The van der Waals surface area contributed by atoms with Gasteiger partial charge in [0.1, 0.15) is 11.3 Å². The first kappa shape index (κ1) is 20.4. The molecule has 9 heteroatoms. The van der Waals surface area contributed by atoms with Gasteiger partial charge in [-0.25, -0.2) is 0 Å². The van der Waals surface area contributed by atoms with Gasteiger partial charge >= 0.3 is 0 Å². The number of hydrogen-bond acceptors (Lipinski definition) is 6. The molecule has 1 aliphatic heterocycles. The number of aryl methyl sites for hydroxylation is 1. The number of ether oxygens (including phenoxy) is 2. The maximum absolute atomic E-state index is 12.9. The number of nitrogens with zero attached hydrogens (tertiary/aromatic N) is 1. The number of aromatic nitrogens is 2. The molecule has 0 bridgehead atoms. The molecule has 2 aromatic carbocycles. The zero-order valence-corrected chi connectivity index (χ0v) is 17.2. The van der Waals surface area contributed by atoms with E-state index in [2.05, 4.69) is 26.1 Å². The molecule has 0 unspecified atom stereocenters. The van der Waals surface area contributed by atoms with Crippen molar-refractivity contribution in [3.05, 3.63) is 64.8 Å². The Hall–Kier alpha value is -3.85. The van der Waals surface area contributed by atoms with Gasteiger partial charge in [0.15, 0.2) is 5.82 Å². The van der Waals surface area contributed by atoms with E-state index in [4.69, 9.17) is 9.47 Å². The molecular weight excluding hydrogens is 398 g/mol. The molecule has 0 fully saturated rings. The van der Waals surface area contributed by atoms with Crippen LogP contribution in [0.5, 0.6) is 5.75 Å². The summed E-state index contributed by atoms with van der Waals surface area (Å²) in [6.45, 7) is 3.46. The molecule has 1 aromatic heterocycles. The third kappa shape index (κ3) is 4.36. The smallest absolute Gasteiger partial charge is 0.261 e. The summed E-state index contributed by atoms with van der Waals surface area (Å²) in [7, 11) is 1.53. The van der Waals surface area contributed by atoms with Crippen LogP contribution in [-0.4, -0.2) is 42.3 Å². The number of nitrogens with one attached hydrogen (secondary N) is 4. The lowest BCUT2D eigenvalue weighted by molar-refractivity contribution is 0.102. The predicted octanol–water partition coefficient (Wildman–Crippen LogP) is 3.17. The standard InChI is InChI=1S/C22H23N5O4/c1-13-19(22(29)24-17-5-3-4-6-18(17)30-2)20(27-26-13)25-21(28)14-7-8-16-15(11-14)12-31-10-9-23-16/h3-8,11,23H,9-10,12H2,1-2H3,(H,24,29)(H2,25,26,27,28). The van der Waals surface area contributed by atoms with Crippen molar-refractivity contribution in [1.82, 2.24) is 10.2 Å². The maximum Gasteiger partial charge on any atom is 0.261 e. The lowest BCUT2D eigenvalue weighted by Gasteiger charge is -2.11. The van der Waals surface area contributed by atoms with E-state index in [1.54, 1.807) is 37.3 Å². The first-order valence-corrected chi connectivity index (χ1v) is 9.82. The Bertz CT molecular complexity index is 1120. The number of benzene rings is 2. The summed E-state index contributed by atoms with van der Waals surface area (Å²) in [6, 6.07) is 12.4. The molecule has 160 valence electrons. The van der Waals surface area contributed by atoms with Gasteiger partial charge in [-0.1, -0.05) is 12.1 Å². The van der Waals surface area contributed by atoms with Crippen LogP contribution in [0.2, 0.25) is 0 Å². The molecular formula is C22H23N5O4. The molecule has 2 amide bonds. The van der Waals surface area contributed by atoms with E-state index in [1.807, 2.05) is 12.1 Å². The van der Waals surface area contributed by atoms with Crippen LogP contribution in [0.25, 0.3) is 0 Å². The van der Waals surface area contributed by atoms with Crippen LogP contribution in [0.1, 0.15) is 32.0 Å². The number of H-pyrrole nitrogens is 1. The fourth-order valence-electron chi connectivity index (χ4n) is 3.38. The first-order valence-electron chi connectivity index (χ1n) is 9.82. The van der Waals surface area contributed by atoms with Gasteiger partial charge in [-0.3, -0.25) is 14.7 Å². The van der Waals surface area contributed by atoms with Crippen molar-refractivity contribution in [2.24, 2.45) is 0 Å². The number of aromatic amines is 1. The molecule has 3 aromatic rings. The Morgan fingerprint density at radius 2 is 1.97 bits per heavy atom. The molecule has 0 radical (unpaired) electrons. The summed E-state index contributed by atoms with van der Waals surface area (Å²) in [6.07, 6.45) is 0. The fourth-order valence-corrected chi connectivity index (χ4v) is 3.38. The Morgan fingerprint density at radius 3 is 2.81 bits per heavy atom. The quantitative estimate of drug-likeness (QED) is 0.503. The molecule has 1 aliphatic rings. The van der Waals surface area contributed by atoms with Gasteiger partial charge in [0.25, 0.3) is 11.8 Å². The lowest BCUT2D eigenvalue weighted by atomic mass is 10.1. The summed E-state index contributed by atoms with van der Waals surface area (Å²) in [5.74, 6) is -0.0990. The minimum absolute atomic E-state index is 0.152. The molecule has 0 atom stereocenters. The summed E-state index contributed by atoms with van der Waals surface area (Å²) in [5.41, 5.74) is 3.59. The van der Waals surface area contributed by atoms with Crippen LogP contribution in [0.15, 0.2) is 42.5 Å². The highest BCUT2D eigenvalue weighted by molar-refractivity contribution is 6.12. The number of carbonyl (C=O) groups is 2. The zero-order chi connectivity index (χ0) is 21.8. The molecule has 0 saturated carbocycles. The number of anilines is 3. The van der Waals surface area contributed by atoms with Crippen molar-refractivity contribution in [3.63, 3.8) is 0 Å². The number of fused-ring (bicyclic) bond motifs is 1. The van der Waals surface area contributed by atoms with E-state index >= 15 is 0 Å². The summed E-state index contributed by atoms with van der Waals surface area (Å²) in [5, 5.41) is 15.7. The van der Waals surface area contributed by atoms with Gasteiger partial charge in [0, 0.05) is 29.1 Å². The number of hydrogen-bond donors (Lipinski definition) is 4. The van der Waals surface area contributed by atoms with Crippen LogP contribution in [0, 0.1) is 6.92 Å². The van der Waals surface area contributed by atoms with Crippen LogP contribution >= 0.6 is 0 Å². The summed E-state index contributed by atoms with van der Waals surface area (Å²) in [4.78, 5) is 25.8. The largest absolute Gasteiger partial charge is 0.495 e. The molecule has 9 nitrogen and oxygen atoms in total. The minimum Gasteiger partial charge on any atom is -0.495 e. The topological polar surface area (TPSA) is 117 Å². The number of para-hydroxylation sites is 2. The molecule has 4 rings (SSSR count). The minimum atomic E-state index is -0.412. The predicted molar refractivity (Wildman–Crippen MR) is 117 cm³/mol. The zero-order valence-electron chi connectivity index (χ0n) is 17.2. The third-order valence-corrected chi connectivity index (χ3v) is 4.95. The van der Waals surface area contributed by atoms with Crippen LogP contribution in [0.3, 0.4) is 0 Å². The Morgan fingerprint density at radius 1 is 1.13 bits per heavy atom. The van der Waals surface area contributed by atoms with E-state index in [0.29, 0.717) is 35.9 Å². The average Bonchev–Trinajstić information content (AvgIpc) is 2.98. The molecule has 2 heterocycles.